The molecule has 4 rings (SSSR count). The maximum absolute atomic E-state index is 14.8. The first-order chi connectivity index (χ1) is 22.1. The summed E-state index contributed by atoms with van der Waals surface area (Å²) in [4.78, 5) is 59.0. The molecule has 0 aliphatic carbocycles. The van der Waals surface area contributed by atoms with Crippen LogP contribution in [-0.4, -0.2) is 87.6 Å². The number of benzene rings is 1. The van der Waals surface area contributed by atoms with E-state index in [1.54, 1.807) is 24.0 Å². The topological polar surface area (TPSA) is 125 Å². The molecule has 1 spiro atoms. The van der Waals surface area contributed by atoms with Gasteiger partial charge in [-0.3, -0.25) is 19.2 Å². The number of allylic oxidation sites excluding steroid dienone is 1. The van der Waals surface area contributed by atoms with Crippen LogP contribution in [0.2, 0.25) is 0 Å². The zero-order valence-electron chi connectivity index (χ0n) is 28.9. The van der Waals surface area contributed by atoms with Gasteiger partial charge in [0.05, 0.1) is 37.1 Å². The van der Waals surface area contributed by atoms with Gasteiger partial charge in [-0.1, -0.05) is 63.3 Å². The molecular weight excluding hydrogens is 598 g/mol. The molecule has 7 atom stereocenters. The number of esters is 1. The molecule has 2 bridgehead atoms. The fourth-order valence-electron chi connectivity index (χ4n) is 8.15. The van der Waals surface area contributed by atoms with Crippen molar-refractivity contribution in [3.8, 4) is 0 Å². The second-order valence-corrected chi connectivity index (χ2v) is 15.1. The van der Waals surface area contributed by atoms with E-state index in [0.717, 1.165) is 0 Å². The van der Waals surface area contributed by atoms with E-state index in [4.69, 9.17) is 9.47 Å². The monoisotopic (exact) mass is 651 g/mol. The minimum absolute atomic E-state index is 0.0574. The Bertz CT molecular complexity index is 1340. The van der Waals surface area contributed by atoms with Gasteiger partial charge in [0, 0.05) is 18.5 Å². The summed E-state index contributed by atoms with van der Waals surface area (Å²) in [7, 11) is 0. The number of carbonyl (C=O) groups excluding carboxylic acids is 4. The number of ether oxygens (including phenoxy) is 2. The molecule has 3 amide bonds. The molecular formula is C37H53N3O7. The standard InChI is InChI=1S/C37H53N3O7/c1-9-11-17-28(42)38-21-27(25-15-13-12-14-16-25)46-34(45)29-26-18-19-37(47-26)30(29)32(43)40(24(3)22-41)31(37)33(44)39(20-10-2)36(7,8)23-35(4,5)6/h9-10,12-16,24,26-27,29-31,41H,1-2,11,17-23H2,3-8H3,(H,38,42)/t24-,26+,27+,29-,30-,31+,37-/m1/s1. The van der Waals surface area contributed by atoms with Gasteiger partial charge < -0.3 is 29.7 Å². The summed E-state index contributed by atoms with van der Waals surface area (Å²) in [5, 5.41) is 13.1. The molecule has 0 unspecified atom stereocenters. The average molecular weight is 652 g/mol. The zero-order chi connectivity index (χ0) is 34.7. The lowest BCUT2D eigenvalue weighted by molar-refractivity contribution is -0.161. The Morgan fingerprint density at radius 3 is 2.45 bits per heavy atom. The second kappa shape index (κ2) is 14.3. The molecule has 1 aromatic rings. The van der Waals surface area contributed by atoms with Gasteiger partial charge in [-0.15, -0.1) is 13.2 Å². The Labute approximate surface area is 279 Å². The van der Waals surface area contributed by atoms with Crippen LogP contribution in [0.1, 0.15) is 85.3 Å². The molecule has 0 radical (unpaired) electrons. The van der Waals surface area contributed by atoms with Crippen molar-refractivity contribution >= 4 is 23.7 Å². The third-order valence-corrected chi connectivity index (χ3v) is 9.74. The number of nitrogens with one attached hydrogen (secondary N) is 1. The van der Waals surface area contributed by atoms with E-state index in [1.807, 2.05) is 44.2 Å². The van der Waals surface area contributed by atoms with Crippen molar-refractivity contribution in [1.29, 1.82) is 0 Å². The summed E-state index contributed by atoms with van der Waals surface area (Å²) in [5.74, 6) is -3.37. The Morgan fingerprint density at radius 2 is 1.85 bits per heavy atom. The summed E-state index contributed by atoms with van der Waals surface area (Å²) < 4.78 is 12.7. The van der Waals surface area contributed by atoms with Gasteiger partial charge in [0.2, 0.25) is 17.7 Å². The summed E-state index contributed by atoms with van der Waals surface area (Å²) in [6, 6.07) is 7.43. The molecule has 2 N–H and O–H groups in total. The molecule has 0 saturated carbocycles. The molecule has 10 heteroatoms. The summed E-state index contributed by atoms with van der Waals surface area (Å²) in [6.45, 7) is 19.6. The molecule has 3 aliphatic heterocycles. The maximum atomic E-state index is 14.8. The molecule has 10 nitrogen and oxygen atoms in total. The van der Waals surface area contributed by atoms with Crippen LogP contribution in [0.5, 0.6) is 0 Å². The van der Waals surface area contributed by atoms with Crippen molar-refractivity contribution in [2.24, 2.45) is 17.3 Å². The number of carbonyl (C=O) groups is 4. The minimum atomic E-state index is -1.25. The molecule has 0 aromatic heterocycles. The Balaban J connectivity index is 1.68. The summed E-state index contributed by atoms with van der Waals surface area (Å²) >= 11 is 0. The van der Waals surface area contributed by atoms with Crippen LogP contribution >= 0.6 is 0 Å². The summed E-state index contributed by atoms with van der Waals surface area (Å²) in [5.41, 5.74) is -1.23. The van der Waals surface area contributed by atoms with Gasteiger partial charge >= 0.3 is 5.97 Å². The van der Waals surface area contributed by atoms with Crippen molar-refractivity contribution < 1.29 is 33.8 Å². The van der Waals surface area contributed by atoms with Crippen LogP contribution in [0.3, 0.4) is 0 Å². The van der Waals surface area contributed by atoms with Crippen LogP contribution < -0.4 is 5.32 Å². The molecule has 3 saturated heterocycles. The normalized spacial score (nSPS) is 26.4. The van der Waals surface area contributed by atoms with Crippen molar-refractivity contribution in [1.82, 2.24) is 15.1 Å². The SMILES string of the molecule is C=CCCC(=O)NC[C@H](OC(=O)[C@@H]1[C@@H]2CC[C@]3(O2)[C@H](C(=O)N(CC=C)C(C)(C)CC(C)(C)C)N([C@H](C)CO)C(=O)[C@@H]13)c1ccccc1. The third-order valence-electron chi connectivity index (χ3n) is 9.74. The van der Waals surface area contributed by atoms with Gasteiger partial charge in [-0.2, -0.15) is 0 Å². The second-order valence-electron chi connectivity index (χ2n) is 15.1. The maximum Gasteiger partial charge on any atom is 0.313 e. The van der Waals surface area contributed by atoms with Crippen LogP contribution in [-0.2, 0) is 28.7 Å². The molecule has 258 valence electrons. The highest BCUT2D eigenvalue weighted by molar-refractivity contribution is 5.98. The number of rotatable bonds is 15. The highest BCUT2D eigenvalue weighted by atomic mass is 16.6. The van der Waals surface area contributed by atoms with Gasteiger partial charge in [-0.05, 0) is 57.4 Å². The van der Waals surface area contributed by atoms with Crippen molar-refractivity contribution in [3.63, 3.8) is 0 Å². The molecule has 47 heavy (non-hydrogen) atoms. The van der Waals surface area contributed by atoms with E-state index in [9.17, 15) is 24.3 Å². The number of nitrogens with zero attached hydrogens (tertiary/aromatic N) is 2. The van der Waals surface area contributed by atoms with Crippen molar-refractivity contribution in [3.05, 3.63) is 61.2 Å². The average Bonchev–Trinajstić information content (AvgIpc) is 3.66. The van der Waals surface area contributed by atoms with Gasteiger partial charge in [0.15, 0.2) is 0 Å². The van der Waals surface area contributed by atoms with E-state index in [0.29, 0.717) is 31.2 Å². The predicted octanol–water partition coefficient (Wildman–Crippen LogP) is 4.34. The third kappa shape index (κ3) is 7.33. The quantitative estimate of drug-likeness (QED) is 0.214. The van der Waals surface area contributed by atoms with E-state index in [-0.39, 0.29) is 43.3 Å². The van der Waals surface area contributed by atoms with Gasteiger partial charge in [-0.25, -0.2) is 0 Å². The number of likely N-dealkylation sites (tertiary alicyclic amines) is 1. The lowest BCUT2D eigenvalue weighted by Gasteiger charge is -2.46. The van der Waals surface area contributed by atoms with E-state index >= 15 is 0 Å². The molecule has 3 heterocycles. The van der Waals surface area contributed by atoms with Crippen LogP contribution in [0.25, 0.3) is 0 Å². The number of aliphatic hydroxyl groups excluding tert-OH is 1. The smallest absolute Gasteiger partial charge is 0.313 e. The first-order valence-corrected chi connectivity index (χ1v) is 16.8. The summed E-state index contributed by atoms with van der Waals surface area (Å²) in [6.07, 6.45) is 4.33. The first kappa shape index (κ1) is 36.3. The molecule has 1 aromatic carbocycles. The van der Waals surface area contributed by atoms with Crippen molar-refractivity contribution in [2.75, 3.05) is 19.7 Å². The lowest BCUT2D eigenvalue weighted by Crippen LogP contribution is -2.62. The fourth-order valence-corrected chi connectivity index (χ4v) is 8.15. The van der Waals surface area contributed by atoms with E-state index in [1.165, 1.54) is 4.90 Å². The van der Waals surface area contributed by atoms with Gasteiger partial charge in [0.25, 0.3) is 0 Å². The van der Waals surface area contributed by atoms with Gasteiger partial charge in [0.1, 0.15) is 17.7 Å². The van der Waals surface area contributed by atoms with E-state index in [2.05, 4.69) is 39.2 Å². The van der Waals surface area contributed by atoms with Crippen LogP contribution in [0, 0.1) is 17.3 Å². The number of amides is 3. The highest BCUT2D eigenvalue weighted by Crippen LogP contribution is 2.59. The number of aliphatic hydroxyl groups is 1. The fraction of sp³-hybridized carbons (Fsp3) is 0.622. The lowest BCUT2D eigenvalue weighted by atomic mass is 9.70. The van der Waals surface area contributed by atoms with Crippen molar-refractivity contribution in [2.45, 2.75) is 109 Å². The number of hydrogen-bond acceptors (Lipinski definition) is 7. The molecule has 3 fully saturated rings. The van der Waals surface area contributed by atoms with Crippen LogP contribution in [0.15, 0.2) is 55.6 Å². The Kier molecular flexibility index (Phi) is 11.1. The number of hydrogen-bond donors (Lipinski definition) is 2. The highest BCUT2D eigenvalue weighted by Gasteiger charge is 2.75. The van der Waals surface area contributed by atoms with E-state index < -0.39 is 59.1 Å². The predicted molar refractivity (Wildman–Crippen MR) is 179 cm³/mol. The Morgan fingerprint density at radius 1 is 1.17 bits per heavy atom. The molecule has 3 aliphatic rings. The first-order valence-electron chi connectivity index (χ1n) is 16.8. The van der Waals surface area contributed by atoms with Crippen LogP contribution in [0.4, 0.5) is 0 Å². The Hall–Kier alpha value is -3.50. The number of fused-ring (bicyclic) bond motifs is 1. The minimum Gasteiger partial charge on any atom is -0.455 e. The zero-order valence-corrected chi connectivity index (χ0v) is 28.9. The largest absolute Gasteiger partial charge is 0.455 e.